The number of hydrogen-bond acceptors (Lipinski definition) is 3. The number of anilines is 1. The van der Waals surface area contributed by atoms with Crippen molar-refractivity contribution < 1.29 is 18.3 Å². The molecule has 0 bridgehead atoms. The Morgan fingerprint density at radius 3 is 2.46 bits per heavy atom. The van der Waals surface area contributed by atoms with E-state index in [1.807, 2.05) is 0 Å². The second-order valence-electron chi connectivity index (χ2n) is 2.80. The first kappa shape index (κ1) is 8.10. The van der Waals surface area contributed by atoms with Gasteiger partial charge < -0.3 is 15.2 Å². The SMILES string of the molecule is Cc1ccc(N)c2c1OC(F)(F)O2. The Balaban J connectivity index is 2.56. The molecule has 0 radical (unpaired) electrons. The van der Waals surface area contributed by atoms with Gasteiger partial charge in [0.25, 0.3) is 0 Å². The van der Waals surface area contributed by atoms with E-state index in [2.05, 4.69) is 9.47 Å². The van der Waals surface area contributed by atoms with E-state index in [9.17, 15) is 8.78 Å². The van der Waals surface area contributed by atoms with Crippen molar-refractivity contribution in [3.05, 3.63) is 17.7 Å². The second-order valence-corrected chi connectivity index (χ2v) is 2.80. The standard InChI is InChI=1S/C8H7F2NO2/c1-4-2-3-5(11)7-6(4)12-8(9,10)13-7/h2-3H,11H2,1H3. The fourth-order valence-corrected chi connectivity index (χ4v) is 1.17. The molecule has 0 saturated carbocycles. The molecule has 0 saturated heterocycles. The van der Waals surface area contributed by atoms with Crippen molar-refractivity contribution in [2.75, 3.05) is 5.73 Å². The highest BCUT2D eigenvalue weighted by molar-refractivity contribution is 5.64. The van der Waals surface area contributed by atoms with Crippen molar-refractivity contribution in [2.24, 2.45) is 0 Å². The highest BCUT2D eigenvalue weighted by Crippen LogP contribution is 2.46. The zero-order valence-corrected chi connectivity index (χ0v) is 6.80. The quantitative estimate of drug-likeness (QED) is 0.631. The van der Waals surface area contributed by atoms with Crippen LogP contribution in [0.2, 0.25) is 0 Å². The van der Waals surface area contributed by atoms with Crippen molar-refractivity contribution in [2.45, 2.75) is 13.2 Å². The van der Waals surface area contributed by atoms with Gasteiger partial charge in [0.1, 0.15) is 0 Å². The summed E-state index contributed by atoms with van der Waals surface area (Å²) >= 11 is 0. The first-order chi connectivity index (χ1) is 5.99. The number of nitrogens with two attached hydrogens (primary N) is 1. The van der Waals surface area contributed by atoms with Gasteiger partial charge >= 0.3 is 6.29 Å². The largest absolute Gasteiger partial charge is 0.586 e. The van der Waals surface area contributed by atoms with Crippen molar-refractivity contribution in [3.8, 4) is 11.5 Å². The predicted octanol–water partition coefficient (Wildman–Crippen LogP) is 1.90. The minimum atomic E-state index is -3.59. The molecule has 1 aromatic rings. The van der Waals surface area contributed by atoms with E-state index in [0.717, 1.165) is 0 Å². The van der Waals surface area contributed by atoms with E-state index in [1.165, 1.54) is 6.07 Å². The van der Waals surface area contributed by atoms with Crippen LogP contribution in [0.1, 0.15) is 5.56 Å². The lowest BCUT2D eigenvalue weighted by molar-refractivity contribution is -0.286. The number of hydrogen-bond donors (Lipinski definition) is 1. The number of rotatable bonds is 0. The van der Waals surface area contributed by atoms with Gasteiger partial charge in [-0.25, -0.2) is 0 Å². The summed E-state index contributed by atoms with van der Waals surface area (Å²) in [6.45, 7) is 1.64. The van der Waals surface area contributed by atoms with Crippen LogP contribution in [-0.2, 0) is 0 Å². The number of fused-ring (bicyclic) bond motifs is 1. The van der Waals surface area contributed by atoms with Crippen LogP contribution < -0.4 is 15.2 Å². The Bertz CT molecular complexity index is 332. The first-order valence-corrected chi connectivity index (χ1v) is 3.64. The second kappa shape index (κ2) is 2.25. The van der Waals surface area contributed by atoms with Gasteiger partial charge in [-0.3, -0.25) is 0 Å². The molecule has 5 heteroatoms. The molecule has 0 unspecified atom stereocenters. The smallest absolute Gasteiger partial charge is 0.396 e. The highest BCUT2D eigenvalue weighted by atomic mass is 19.3. The number of benzene rings is 1. The highest BCUT2D eigenvalue weighted by Gasteiger charge is 2.45. The van der Waals surface area contributed by atoms with Crippen molar-refractivity contribution in [1.29, 1.82) is 0 Å². The maximum Gasteiger partial charge on any atom is 0.586 e. The van der Waals surface area contributed by atoms with Crippen LogP contribution in [0.15, 0.2) is 12.1 Å². The molecule has 3 nitrogen and oxygen atoms in total. The summed E-state index contributed by atoms with van der Waals surface area (Å²) in [6.07, 6.45) is -3.59. The summed E-state index contributed by atoms with van der Waals surface area (Å²) in [4.78, 5) is 0. The van der Waals surface area contributed by atoms with Crippen molar-refractivity contribution in [1.82, 2.24) is 0 Å². The molecule has 0 atom stereocenters. The molecule has 1 aromatic carbocycles. The van der Waals surface area contributed by atoms with E-state index >= 15 is 0 Å². The first-order valence-electron chi connectivity index (χ1n) is 3.64. The van der Waals surface area contributed by atoms with Crippen LogP contribution in [0.25, 0.3) is 0 Å². The lowest BCUT2D eigenvalue weighted by atomic mass is 10.2. The van der Waals surface area contributed by atoms with Crippen LogP contribution in [0.5, 0.6) is 11.5 Å². The molecule has 1 aliphatic rings. The maximum absolute atomic E-state index is 12.6. The van der Waals surface area contributed by atoms with E-state index < -0.39 is 6.29 Å². The molecule has 0 spiro atoms. The van der Waals surface area contributed by atoms with E-state index in [0.29, 0.717) is 5.56 Å². The van der Waals surface area contributed by atoms with Crippen LogP contribution in [-0.4, -0.2) is 6.29 Å². The number of halogens is 2. The minimum absolute atomic E-state index is 0.0185. The van der Waals surface area contributed by atoms with Crippen LogP contribution in [0.4, 0.5) is 14.5 Å². The van der Waals surface area contributed by atoms with Gasteiger partial charge in [0.05, 0.1) is 5.69 Å². The Kier molecular flexibility index (Phi) is 1.40. The molecule has 2 N–H and O–H groups in total. The monoisotopic (exact) mass is 187 g/mol. The molecule has 13 heavy (non-hydrogen) atoms. The number of aryl methyl sites for hydroxylation is 1. The lowest BCUT2D eigenvalue weighted by Gasteiger charge is -2.04. The molecule has 0 aliphatic carbocycles. The van der Waals surface area contributed by atoms with Gasteiger partial charge in [-0.2, -0.15) is 0 Å². The molecule has 1 aliphatic heterocycles. The maximum atomic E-state index is 12.6. The molecular weight excluding hydrogens is 180 g/mol. The Morgan fingerprint density at radius 1 is 1.23 bits per heavy atom. The van der Waals surface area contributed by atoms with Gasteiger partial charge in [0.2, 0.25) is 0 Å². The fourth-order valence-electron chi connectivity index (χ4n) is 1.17. The third-order valence-electron chi connectivity index (χ3n) is 1.78. The van der Waals surface area contributed by atoms with Crippen molar-refractivity contribution >= 4 is 5.69 Å². The number of alkyl halides is 2. The zero-order chi connectivity index (χ0) is 9.64. The molecule has 70 valence electrons. The normalized spacial score (nSPS) is 17.5. The third-order valence-corrected chi connectivity index (χ3v) is 1.78. The zero-order valence-electron chi connectivity index (χ0n) is 6.80. The van der Waals surface area contributed by atoms with Gasteiger partial charge in [-0.05, 0) is 18.6 Å². The fraction of sp³-hybridized carbons (Fsp3) is 0.250. The van der Waals surface area contributed by atoms with Crippen molar-refractivity contribution in [3.63, 3.8) is 0 Å². The number of ether oxygens (including phenoxy) is 2. The third kappa shape index (κ3) is 1.16. The Labute approximate surface area is 73.1 Å². The minimum Gasteiger partial charge on any atom is -0.396 e. The summed E-state index contributed by atoms with van der Waals surface area (Å²) < 4.78 is 33.7. The lowest BCUT2D eigenvalue weighted by Crippen LogP contribution is -2.26. The van der Waals surface area contributed by atoms with E-state index in [-0.39, 0.29) is 17.2 Å². The molecule has 0 aromatic heterocycles. The van der Waals surface area contributed by atoms with Crippen LogP contribution >= 0.6 is 0 Å². The molecule has 0 amide bonds. The summed E-state index contributed by atoms with van der Waals surface area (Å²) in [7, 11) is 0. The van der Waals surface area contributed by atoms with Gasteiger partial charge in [-0.1, -0.05) is 6.07 Å². The van der Waals surface area contributed by atoms with Gasteiger partial charge in [-0.15, -0.1) is 8.78 Å². The topological polar surface area (TPSA) is 44.5 Å². The van der Waals surface area contributed by atoms with E-state index in [1.54, 1.807) is 13.0 Å². The summed E-state index contributed by atoms with van der Waals surface area (Å²) in [5, 5.41) is 0. The van der Waals surface area contributed by atoms with Gasteiger partial charge in [0.15, 0.2) is 11.5 Å². The average Bonchev–Trinajstić information content (AvgIpc) is 2.35. The predicted molar refractivity (Wildman–Crippen MR) is 41.8 cm³/mol. The molecule has 0 fully saturated rings. The molecule has 2 rings (SSSR count). The number of nitrogen functional groups attached to an aromatic ring is 1. The molecule has 1 heterocycles. The van der Waals surface area contributed by atoms with Crippen LogP contribution in [0, 0.1) is 6.92 Å². The summed E-state index contributed by atoms with van der Waals surface area (Å²) in [5.74, 6) is -0.0602. The summed E-state index contributed by atoms with van der Waals surface area (Å²) in [5.41, 5.74) is 6.14. The summed E-state index contributed by atoms with van der Waals surface area (Å²) in [6, 6.07) is 3.10. The van der Waals surface area contributed by atoms with E-state index in [4.69, 9.17) is 5.73 Å². The van der Waals surface area contributed by atoms with Crippen LogP contribution in [0.3, 0.4) is 0 Å². The van der Waals surface area contributed by atoms with Gasteiger partial charge in [0, 0.05) is 0 Å². The Hall–Kier alpha value is -1.52. The molecular formula is C8H7F2NO2. The Morgan fingerprint density at radius 2 is 1.85 bits per heavy atom. The average molecular weight is 187 g/mol.